The van der Waals surface area contributed by atoms with Crippen molar-refractivity contribution in [3.63, 3.8) is 0 Å². The first kappa shape index (κ1) is 9.72. The van der Waals surface area contributed by atoms with Gasteiger partial charge in [-0.1, -0.05) is 12.1 Å². The van der Waals surface area contributed by atoms with Crippen LogP contribution in [0, 0.1) is 0 Å². The summed E-state index contributed by atoms with van der Waals surface area (Å²) in [6.07, 6.45) is 0. The average molecular weight is 228 g/mol. The summed E-state index contributed by atoms with van der Waals surface area (Å²) in [6.45, 7) is 0. The molecular weight excluding hydrogens is 220 g/mol. The number of benzene rings is 2. The zero-order valence-corrected chi connectivity index (χ0v) is 8.68. The number of phenolic OH excluding ortho intramolecular Hbond substituents is 2. The minimum Gasteiger partial charge on any atom is -0.504 e. The van der Waals surface area contributed by atoms with Crippen molar-refractivity contribution < 1.29 is 14.6 Å². The van der Waals surface area contributed by atoms with Crippen molar-refractivity contribution >= 4 is 21.9 Å². The van der Waals surface area contributed by atoms with Gasteiger partial charge in [-0.15, -0.1) is 0 Å². The van der Waals surface area contributed by atoms with Crippen molar-refractivity contribution in [3.8, 4) is 11.5 Å². The van der Waals surface area contributed by atoms with E-state index in [-0.39, 0.29) is 28.1 Å². The normalized spacial score (nSPS) is 11.1. The van der Waals surface area contributed by atoms with Crippen LogP contribution in [0.3, 0.4) is 0 Å². The van der Waals surface area contributed by atoms with Gasteiger partial charge in [-0.2, -0.15) is 0 Å². The van der Waals surface area contributed by atoms with Crippen molar-refractivity contribution in [1.82, 2.24) is 0 Å². The van der Waals surface area contributed by atoms with E-state index < -0.39 is 0 Å². The van der Waals surface area contributed by atoms with Crippen LogP contribution in [0.4, 0.5) is 0 Å². The third-order valence-electron chi connectivity index (χ3n) is 2.68. The lowest BCUT2D eigenvalue weighted by molar-refractivity contribution is 0.455. The van der Waals surface area contributed by atoms with Crippen molar-refractivity contribution in [3.05, 3.63) is 46.6 Å². The number of fused-ring (bicyclic) bond motifs is 2. The number of hydrogen-bond donors (Lipinski definition) is 2. The second kappa shape index (κ2) is 3.25. The number of para-hydroxylation sites is 2. The lowest BCUT2D eigenvalue weighted by Gasteiger charge is -2.03. The van der Waals surface area contributed by atoms with E-state index in [0.29, 0.717) is 10.8 Å². The highest BCUT2D eigenvalue weighted by Gasteiger charge is 2.12. The minimum absolute atomic E-state index is 0.0894. The Balaban J connectivity index is 2.68. The summed E-state index contributed by atoms with van der Waals surface area (Å²) in [5, 5.41) is 19.9. The molecule has 0 amide bonds. The number of rotatable bonds is 0. The number of aromatic hydroxyl groups is 2. The molecule has 1 aromatic heterocycles. The van der Waals surface area contributed by atoms with E-state index in [2.05, 4.69) is 0 Å². The minimum atomic E-state index is -0.270. The van der Waals surface area contributed by atoms with Crippen molar-refractivity contribution in [2.24, 2.45) is 0 Å². The molecule has 0 unspecified atom stereocenters. The van der Waals surface area contributed by atoms with Gasteiger partial charge in [0, 0.05) is 0 Å². The molecule has 0 aliphatic rings. The molecule has 0 saturated carbocycles. The highest BCUT2D eigenvalue weighted by atomic mass is 16.4. The summed E-state index contributed by atoms with van der Waals surface area (Å²) in [5.74, 6) is -0.241. The molecule has 0 fully saturated rings. The maximum Gasteiger partial charge on any atom is 0.200 e. The molecule has 2 N–H and O–H groups in total. The van der Waals surface area contributed by atoms with Crippen LogP contribution in [0.1, 0.15) is 0 Å². The number of hydrogen-bond acceptors (Lipinski definition) is 4. The molecule has 0 radical (unpaired) electrons. The third kappa shape index (κ3) is 1.27. The Morgan fingerprint density at radius 3 is 1.76 bits per heavy atom. The molecule has 0 atom stereocenters. The summed E-state index contributed by atoms with van der Waals surface area (Å²) in [7, 11) is 0. The van der Waals surface area contributed by atoms with Gasteiger partial charge >= 0.3 is 0 Å². The summed E-state index contributed by atoms with van der Waals surface area (Å²) in [4.78, 5) is 12.1. The summed E-state index contributed by atoms with van der Waals surface area (Å²) in [6, 6.07) is 9.15. The van der Waals surface area contributed by atoms with E-state index in [9.17, 15) is 15.0 Å². The standard InChI is InChI=1S/C13H8O4/c14-9-5-1-3-7-11(16)8-4-2-6-10(15)13(8)17-12(7)9/h1-6,14-15H. The van der Waals surface area contributed by atoms with Gasteiger partial charge in [0.2, 0.25) is 5.43 Å². The Labute approximate surface area is 95.3 Å². The molecule has 84 valence electrons. The zero-order chi connectivity index (χ0) is 12.0. The molecule has 0 saturated heterocycles. The van der Waals surface area contributed by atoms with Gasteiger partial charge in [0.15, 0.2) is 22.7 Å². The first-order chi connectivity index (χ1) is 8.18. The molecule has 4 heteroatoms. The quantitative estimate of drug-likeness (QED) is 0.579. The lowest BCUT2D eigenvalue weighted by atomic mass is 10.1. The SMILES string of the molecule is O=c1c2cccc(O)c2oc2c(O)cccc12. The Hall–Kier alpha value is -2.49. The topological polar surface area (TPSA) is 70.7 Å². The zero-order valence-electron chi connectivity index (χ0n) is 8.68. The fourth-order valence-electron chi connectivity index (χ4n) is 1.87. The summed E-state index contributed by atoms with van der Waals surface area (Å²) < 4.78 is 5.39. The second-order valence-corrected chi connectivity index (χ2v) is 3.74. The molecule has 1 heterocycles. The van der Waals surface area contributed by atoms with Gasteiger partial charge in [-0.05, 0) is 24.3 Å². The van der Waals surface area contributed by atoms with Gasteiger partial charge in [-0.25, -0.2) is 0 Å². The maximum atomic E-state index is 12.1. The lowest BCUT2D eigenvalue weighted by Crippen LogP contribution is -2.01. The van der Waals surface area contributed by atoms with E-state index in [0.717, 1.165) is 0 Å². The number of phenols is 2. The van der Waals surface area contributed by atoms with Crippen LogP contribution in [-0.2, 0) is 0 Å². The van der Waals surface area contributed by atoms with E-state index in [1.165, 1.54) is 12.1 Å². The molecule has 0 aliphatic heterocycles. The summed E-state index contributed by atoms with van der Waals surface area (Å²) >= 11 is 0. The summed E-state index contributed by atoms with van der Waals surface area (Å²) in [5.41, 5.74) is -0.0916. The Morgan fingerprint density at radius 1 is 0.824 bits per heavy atom. The van der Waals surface area contributed by atoms with Crippen LogP contribution in [0.25, 0.3) is 21.9 Å². The van der Waals surface area contributed by atoms with Crippen molar-refractivity contribution in [2.75, 3.05) is 0 Å². The van der Waals surface area contributed by atoms with E-state index >= 15 is 0 Å². The fourth-order valence-corrected chi connectivity index (χ4v) is 1.87. The molecule has 4 nitrogen and oxygen atoms in total. The maximum absolute atomic E-state index is 12.1. The van der Waals surface area contributed by atoms with E-state index in [1.807, 2.05) is 0 Å². The molecule has 17 heavy (non-hydrogen) atoms. The molecule has 3 aromatic rings. The predicted octanol–water partition coefficient (Wildman–Crippen LogP) is 2.36. The Morgan fingerprint density at radius 2 is 1.29 bits per heavy atom. The monoisotopic (exact) mass is 228 g/mol. The predicted molar refractivity (Wildman–Crippen MR) is 63.3 cm³/mol. The average Bonchev–Trinajstić information content (AvgIpc) is 2.32. The first-order valence-corrected chi connectivity index (χ1v) is 5.05. The van der Waals surface area contributed by atoms with Crippen molar-refractivity contribution in [1.29, 1.82) is 0 Å². The van der Waals surface area contributed by atoms with Crippen LogP contribution in [0.5, 0.6) is 11.5 Å². The highest BCUT2D eigenvalue weighted by molar-refractivity contribution is 5.94. The highest BCUT2D eigenvalue weighted by Crippen LogP contribution is 2.29. The largest absolute Gasteiger partial charge is 0.504 e. The fraction of sp³-hybridized carbons (Fsp3) is 0. The van der Waals surface area contributed by atoms with E-state index in [1.54, 1.807) is 24.3 Å². The second-order valence-electron chi connectivity index (χ2n) is 3.74. The van der Waals surface area contributed by atoms with Crippen LogP contribution in [0.15, 0.2) is 45.6 Å². The smallest absolute Gasteiger partial charge is 0.200 e. The van der Waals surface area contributed by atoms with Crippen LogP contribution in [0.2, 0.25) is 0 Å². The molecule has 3 rings (SSSR count). The molecule has 0 spiro atoms. The molecule has 2 aromatic carbocycles. The first-order valence-electron chi connectivity index (χ1n) is 5.05. The van der Waals surface area contributed by atoms with Gasteiger partial charge in [-0.3, -0.25) is 4.79 Å². The third-order valence-corrected chi connectivity index (χ3v) is 2.68. The van der Waals surface area contributed by atoms with Gasteiger partial charge in [0.1, 0.15) is 0 Å². The Kier molecular flexibility index (Phi) is 1.86. The molecule has 0 aliphatic carbocycles. The molecule has 0 bridgehead atoms. The van der Waals surface area contributed by atoms with Gasteiger partial charge in [0.05, 0.1) is 10.8 Å². The van der Waals surface area contributed by atoms with Gasteiger partial charge < -0.3 is 14.6 Å². The van der Waals surface area contributed by atoms with Crippen molar-refractivity contribution in [2.45, 2.75) is 0 Å². The van der Waals surface area contributed by atoms with E-state index in [4.69, 9.17) is 4.42 Å². The molecular formula is C13H8O4. The Bertz CT molecular complexity index is 723. The van der Waals surface area contributed by atoms with Crippen LogP contribution >= 0.6 is 0 Å². The van der Waals surface area contributed by atoms with Crippen LogP contribution in [-0.4, -0.2) is 10.2 Å². The van der Waals surface area contributed by atoms with Crippen LogP contribution < -0.4 is 5.43 Å². The van der Waals surface area contributed by atoms with Gasteiger partial charge in [0.25, 0.3) is 0 Å².